The molecule has 174 valence electrons. The van der Waals surface area contributed by atoms with E-state index in [1.165, 1.54) is 23.1 Å². The molecular weight excluding hydrogens is 513 g/mol. The number of aromatic nitrogens is 4. The molecule has 0 saturated carbocycles. The van der Waals surface area contributed by atoms with E-state index in [1.807, 2.05) is 34.2 Å². The first-order valence-electron chi connectivity index (χ1n) is 10.1. The number of para-hydroxylation sites is 1. The Morgan fingerprint density at radius 1 is 1.18 bits per heavy atom. The zero-order valence-electron chi connectivity index (χ0n) is 17.8. The molecule has 2 aromatic carbocycles. The molecule has 4 rings (SSSR count). The molecule has 11 heteroatoms. The maximum Gasteiger partial charge on any atom is 0.236 e. The lowest BCUT2D eigenvalue weighted by molar-refractivity contribution is -0.113. The number of rotatable bonds is 10. The van der Waals surface area contributed by atoms with Gasteiger partial charge in [-0.05, 0) is 24.3 Å². The third-order valence-electron chi connectivity index (χ3n) is 4.52. The molecule has 1 amide bonds. The van der Waals surface area contributed by atoms with Crippen LogP contribution in [0.25, 0.3) is 11.3 Å². The van der Waals surface area contributed by atoms with Gasteiger partial charge >= 0.3 is 0 Å². The molecule has 2 heterocycles. The van der Waals surface area contributed by atoms with Crippen LogP contribution in [0, 0.1) is 0 Å². The summed E-state index contributed by atoms with van der Waals surface area (Å²) in [4.78, 5) is 17.0. The minimum atomic E-state index is -0.191. The summed E-state index contributed by atoms with van der Waals surface area (Å²) in [6, 6.07) is 14.6. The Labute approximate surface area is 214 Å². The van der Waals surface area contributed by atoms with Crippen LogP contribution < -0.4 is 10.1 Å². The Bertz CT molecular complexity index is 1290. The highest BCUT2D eigenvalue weighted by Gasteiger charge is 2.15. The zero-order valence-corrected chi connectivity index (χ0v) is 20.9. The van der Waals surface area contributed by atoms with Gasteiger partial charge in [0, 0.05) is 22.5 Å². The number of hydrogen-bond donors (Lipinski definition) is 1. The van der Waals surface area contributed by atoms with Gasteiger partial charge in [-0.2, -0.15) is 0 Å². The van der Waals surface area contributed by atoms with Gasteiger partial charge in [-0.3, -0.25) is 9.36 Å². The molecule has 0 saturated heterocycles. The van der Waals surface area contributed by atoms with Gasteiger partial charge in [0.15, 0.2) is 16.1 Å². The molecule has 0 fully saturated rings. The molecule has 0 aliphatic carbocycles. The number of halogens is 2. The van der Waals surface area contributed by atoms with Crippen LogP contribution in [-0.4, -0.2) is 31.4 Å². The molecular formula is C23H19Cl2N5O2S2. The number of nitrogens with one attached hydrogen (secondary N) is 1. The second kappa shape index (κ2) is 11.5. The van der Waals surface area contributed by atoms with Crippen molar-refractivity contribution in [2.24, 2.45) is 0 Å². The van der Waals surface area contributed by atoms with Gasteiger partial charge in [0.25, 0.3) is 0 Å². The van der Waals surface area contributed by atoms with Gasteiger partial charge in [0.05, 0.1) is 16.5 Å². The van der Waals surface area contributed by atoms with Crippen molar-refractivity contribution >= 4 is 57.3 Å². The first kappa shape index (κ1) is 24.3. The average molecular weight is 532 g/mol. The lowest BCUT2D eigenvalue weighted by atomic mass is 10.2. The Balaban J connectivity index is 1.35. The number of amides is 1. The Morgan fingerprint density at radius 3 is 2.74 bits per heavy atom. The van der Waals surface area contributed by atoms with Crippen molar-refractivity contribution in [3.63, 3.8) is 0 Å². The van der Waals surface area contributed by atoms with E-state index in [-0.39, 0.29) is 18.3 Å². The Kier molecular flexibility index (Phi) is 8.23. The second-order valence-corrected chi connectivity index (χ2v) is 9.54. The van der Waals surface area contributed by atoms with Crippen molar-refractivity contribution < 1.29 is 9.53 Å². The third kappa shape index (κ3) is 6.18. The van der Waals surface area contributed by atoms with Crippen molar-refractivity contribution in [3.05, 3.63) is 82.4 Å². The molecule has 0 bridgehead atoms. The summed E-state index contributed by atoms with van der Waals surface area (Å²) >= 11 is 14.7. The summed E-state index contributed by atoms with van der Waals surface area (Å²) in [6.45, 7) is 4.46. The molecule has 0 unspecified atom stereocenters. The SMILES string of the molecule is C=CCn1c(COc2ccccc2Cl)nnc1SCC(=O)Nc1nc(-c2ccc(Cl)cc2)cs1. The predicted octanol–water partition coefficient (Wildman–Crippen LogP) is 6.20. The van der Waals surface area contributed by atoms with Gasteiger partial charge in [0.2, 0.25) is 5.91 Å². The van der Waals surface area contributed by atoms with E-state index in [1.54, 1.807) is 30.3 Å². The minimum Gasteiger partial charge on any atom is -0.484 e. The summed E-state index contributed by atoms with van der Waals surface area (Å²) in [6.07, 6.45) is 1.74. The number of anilines is 1. The number of thiazole rings is 1. The summed E-state index contributed by atoms with van der Waals surface area (Å²) in [5.41, 5.74) is 1.71. The summed E-state index contributed by atoms with van der Waals surface area (Å²) in [5, 5.41) is 15.4. The van der Waals surface area contributed by atoms with E-state index in [2.05, 4.69) is 27.1 Å². The molecule has 0 spiro atoms. The fraction of sp³-hybridized carbons (Fsp3) is 0.130. The lowest BCUT2D eigenvalue weighted by Crippen LogP contribution is -2.15. The van der Waals surface area contributed by atoms with Crippen molar-refractivity contribution in [1.82, 2.24) is 19.7 Å². The predicted molar refractivity (Wildman–Crippen MR) is 138 cm³/mol. The van der Waals surface area contributed by atoms with E-state index in [9.17, 15) is 4.79 Å². The quantitative estimate of drug-likeness (QED) is 0.193. The van der Waals surface area contributed by atoms with Crippen LogP contribution in [0.5, 0.6) is 5.75 Å². The van der Waals surface area contributed by atoms with Gasteiger partial charge in [-0.25, -0.2) is 4.98 Å². The fourth-order valence-corrected chi connectivity index (χ4v) is 4.74. The highest BCUT2D eigenvalue weighted by atomic mass is 35.5. The number of thioether (sulfide) groups is 1. The maximum atomic E-state index is 12.5. The van der Waals surface area contributed by atoms with E-state index in [0.29, 0.717) is 38.5 Å². The summed E-state index contributed by atoms with van der Waals surface area (Å²) in [5.74, 6) is 1.13. The highest BCUT2D eigenvalue weighted by molar-refractivity contribution is 7.99. The standard InChI is InChI=1S/C23H19Cl2N5O2S2/c1-2-11-30-20(12-32-19-6-4-3-5-17(19)25)28-29-23(30)34-14-21(31)27-22-26-18(13-33-22)15-7-9-16(24)10-8-15/h2-10,13H,1,11-12,14H2,(H,26,27,31). The van der Waals surface area contributed by atoms with Crippen molar-refractivity contribution in [1.29, 1.82) is 0 Å². The van der Waals surface area contributed by atoms with Gasteiger partial charge < -0.3 is 10.1 Å². The number of carbonyl (C=O) groups excluding carboxylic acids is 1. The molecule has 0 aliphatic heterocycles. The second-order valence-electron chi connectivity index (χ2n) is 6.90. The molecule has 1 N–H and O–H groups in total. The Morgan fingerprint density at radius 2 is 1.97 bits per heavy atom. The van der Waals surface area contributed by atoms with Gasteiger partial charge in [-0.1, -0.05) is 65.3 Å². The van der Waals surface area contributed by atoms with Crippen LogP contribution in [0.4, 0.5) is 5.13 Å². The molecule has 0 radical (unpaired) electrons. The van der Waals surface area contributed by atoms with E-state index >= 15 is 0 Å². The van der Waals surface area contributed by atoms with Crippen LogP contribution in [0.1, 0.15) is 5.82 Å². The largest absolute Gasteiger partial charge is 0.484 e. The minimum absolute atomic E-state index is 0.149. The van der Waals surface area contributed by atoms with Crippen molar-refractivity contribution in [3.8, 4) is 17.0 Å². The molecule has 4 aromatic rings. The van der Waals surface area contributed by atoms with Crippen molar-refractivity contribution in [2.45, 2.75) is 18.3 Å². The van der Waals surface area contributed by atoms with Crippen LogP contribution in [0.3, 0.4) is 0 Å². The molecule has 0 atom stereocenters. The number of hydrogen-bond acceptors (Lipinski definition) is 7. The maximum absolute atomic E-state index is 12.5. The highest BCUT2D eigenvalue weighted by Crippen LogP contribution is 2.27. The van der Waals surface area contributed by atoms with Crippen LogP contribution >= 0.6 is 46.3 Å². The van der Waals surface area contributed by atoms with Gasteiger partial charge in [0.1, 0.15) is 12.4 Å². The van der Waals surface area contributed by atoms with Crippen LogP contribution in [-0.2, 0) is 17.9 Å². The topological polar surface area (TPSA) is 81.9 Å². The van der Waals surface area contributed by atoms with E-state index in [4.69, 9.17) is 27.9 Å². The molecule has 7 nitrogen and oxygen atoms in total. The van der Waals surface area contributed by atoms with Crippen LogP contribution in [0.15, 0.2) is 71.7 Å². The number of allylic oxidation sites excluding steroid dienone is 1. The van der Waals surface area contributed by atoms with Crippen molar-refractivity contribution in [2.75, 3.05) is 11.1 Å². The summed E-state index contributed by atoms with van der Waals surface area (Å²) < 4.78 is 7.63. The first-order chi connectivity index (χ1) is 16.5. The number of nitrogens with zero attached hydrogens (tertiary/aromatic N) is 4. The number of ether oxygens (including phenoxy) is 1. The first-order valence-corrected chi connectivity index (χ1v) is 12.7. The zero-order chi connectivity index (χ0) is 23.9. The Hall–Kier alpha value is -2.85. The lowest BCUT2D eigenvalue weighted by Gasteiger charge is -2.10. The normalized spacial score (nSPS) is 10.8. The number of carbonyl (C=O) groups is 1. The smallest absolute Gasteiger partial charge is 0.236 e. The van der Waals surface area contributed by atoms with E-state index < -0.39 is 0 Å². The monoisotopic (exact) mass is 531 g/mol. The molecule has 2 aromatic heterocycles. The fourth-order valence-electron chi connectivity index (χ4n) is 2.92. The molecule has 0 aliphatic rings. The van der Waals surface area contributed by atoms with Crippen LogP contribution in [0.2, 0.25) is 10.0 Å². The number of benzene rings is 2. The average Bonchev–Trinajstić information content (AvgIpc) is 3.45. The summed E-state index contributed by atoms with van der Waals surface area (Å²) in [7, 11) is 0. The third-order valence-corrected chi connectivity index (χ3v) is 6.81. The molecule has 34 heavy (non-hydrogen) atoms. The van der Waals surface area contributed by atoms with E-state index in [0.717, 1.165) is 11.3 Å². The van der Waals surface area contributed by atoms with Gasteiger partial charge in [-0.15, -0.1) is 28.1 Å².